The highest BCUT2D eigenvalue weighted by Crippen LogP contribution is 2.27. The summed E-state index contributed by atoms with van der Waals surface area (Å²) in [5.74, 6) is 0. The lowest BCUT2D eigenvalue weighted by Gasteiger charge is -2.25. The Labute approximate surface area is 131 Å². The van der Waals surface area contributed by atoms with E-state index in [1.165, 1.54) is 25.9 Å². The number of rotatable bonds is 6. The zero-order valence-electron chi connectivity index (χ0n) is 12.2. The maximum atomic E-state index is 5.89. The first kappa shape index (κ1) is 15.6. The van der Waals surface area contributed by atoms with Crippen molar-refractivity contribution in [2.24, 2.45) is 5.73 Å². The number of hydrogen-bond acceptors (Lipinski definition) is 4. The van der Waals surface area contributed by atoms with E-state index in [9.17, 15) is 0 Å². The summed E-state index contributed by atoms with van der Waals surface area (Å²) in [5, 5.41) is 3.52. The van der Waals surface area contributed by atoms with Crippen molar-refractivity contribution in [3.63, 3.8) is 0 Å². The first-order valence-electron chi connectivity index (χ1n) is 7.08. The van der Waals surface area contributed by atoms with Crippen molar-refractivity contribution >= 4 is 34.7 Å². The van der Waals surface area contributed by atoms with E-state index in [0.29, 0.717) is 11.0 Å². The molecule has 1 heterocycles. The quantitative estimate of drug-likeness (QED) is 0.624. The second kappa shape index (κ2) is 7.29. The Balaban J connectivity index is 2.06. The smallest absolute Gasteiger partial charge is 0.107 e. The van der Waals surface area contributed by atoms with Crippen LogP contribution in [0.2, 0.25) is 0 Å². The number of benzene rings is 1. The Morgan fingerprint density at radius 2 is 2.15 bits per heavy atom. The van der Waals surface area contributed by atoms with Crippen LogP contribution in [0, 0.1) is 0 Å². The van der Waals surface area contributed by atoms with Crippen molar-refractivity contribution in [3.8, 4) is 0 Å². The minimum Gasteiger partial charge on any atom is -0.389 e. The summed E-state index contributed by atoms with van der Waals surface area (Å²) in [4.78, 5) is 4.13. The number of nitrogens with one attached hydrogen (secondary N) is 1. The van der Waals surface area contributed by atoms with Crippen LogP contribution in [0.25, 0.3) is 0 Å². The van der Waals surface area contributed by atoms with Gasteiger partial charge in [0, 0.05) is 28.7 Å². The van der Waals surface area contributed by atoms with Crippen molar-refractivity contribution in [3.05, 3.63) is 23.8 Å². The molecule has 0 aliphatic carbocycles. The van der Waals surface area contributed by atoms with Crippen LogP contribution in [-0.4, -0.2) is 41.8 Å². The standard InChI is InChI=1S/C15H23N3S2/c1-11(18-8-3-4-9-18)10-17-12-6-5-7-13(20-2)14(12)15(16)19/h5-7,11,17H,3-4,8-10H2,1-2H3,(H2,16,19). The van der Waals surface area contributed by atoms with Crippen molar-refractivity contribution in [1.29, 1.82) is 0 Å². The molecule has 2 rings (SSSR count). The molecule has 1 aromatic carbocycles. The van der Waals surface area contributed by atoms with Gasteiger partial charge in [-0.25, -0.2) is 0 Å². The lowest BCUT2D eigenvalue weighted by atomic mass is 10.1. The van der Waals surface area contributed by atoms with Gasteiger partial charge in [0.2, 0.25) is 0 Å². The van der Waals surface area contributed by atoms with Crippen molar-refractivity contribution in [2.75, 3.05) is 31.2 Å². The van der Waals surface area contributed by atoms with Gasteiger partial charge in [0.25, 0.3) is 0 Å². The molecule has 3 N–H and O–H groups in total. The van der Waals surface area contributed by atoms with Crippen molar-refractivity contribution < 1.29 is 0 Å². The normalized spacial score (nSPS) is 17.1. The SMILES string of the molecule is CSc1cccc(NCC(C)N2CCCC2)c1C(N)=S. The minimum atomic E-state index is 0.464. The van der Waals surface area contributed by atoms with Gasteiger partial charge in [-0.2, -0.15) is 0 Å². The minimum absolute atomic E-state index is 0.464. The van der Waals surface area contributed by atoms with Gasteiger partial charge in [-0.05, 0) is 51.2 Å². The highest BCUT2D eigenvalue weighted by atomic mass is 32.2. The van der Waals surface area contributed by atoms with Gasteiger partial charge in [0.15, 0.2) is 0 Å². The topological polar surface area (TPSA) is 41.3 Å². The molecule has 0 bridgehead atoms. The van der Waals surface area contributed by atoms with E-state index in [2.05, 4.69) is 35.3 Å². The Morgan fingerprint density at radius 3 is 2.75 bits per heavy atom. The Kier molecular flexibility index (Phi) is 5.69. The van der Waals surface area contributed by atoms with Gasteiger partial charge in [-0.15, -0.1) is 11.8 Å². The molecule has 1 aromatic rings. The number of hydrogen-bond donors (Lipinski definition) is 2. The molecular weight excluding hydrogens is 286 g/mol. The molecular formula is C15H23N3S2. The van der Waals surface area contributed by atoms with Crippen LogP contribution in [0.4, 0.5) is 5.69 Å². The van der Waals surface area contributed by atoms with Gasteiger partial charge in [0.05, 0.1) is 0 Å². The molecule has 5 heteroatoms. The average Bonchev–Trinajstić information content (AvgIpc) is 2.98. The maximum absolute atomic E-state index is 5.89. The molecule has 20 heavy (non-hydrogen) atoms. The molecule has 110 valence electrons. The second-order valence-corrected chi connectivity index (χ2v) is 6.51. The Morgan fingerprint density at radius 1 is 1.45 bits per heavy atom. The van der Waals surface area contributed by atoms with E-state index in [0.717, 1.165) is 22.7 Å². The molecule has 1 fully saturated rings. The monoisotopic (exact) mass is 309 g/mol. The summed E-state index contributed by atoms with van der Waals surface area (Å²) in [5.41, 5.74) is 7.91. The maximum Gasteiger partial charge on any atom is 0.107 e. The molecule has 0 spiro atoms. The molecule has 3 nitrogen and oxygen atoms in total. The van der Waals surface area contributed by atoms with Crippen LogP contribution in [0.3, 0.4) is 0 Å². The fraction of sp³-hybridized carbons (Fsp3) is 0.533. The summed E-state index contributed by atoms with van der Waals surface area (Å²) < 4.78 is 0. The first-order valence-corrected chi connectivity index (χ1v) is 8.71. The van der Waals surface area contributed by atoms with Crippen molar-refractivity contribution in [1.82, 2.24) is 4.90 Å². The van der Waals surface area contributed by atoms with Gasteiger partial charge in [-0.3, -0.25) is 4.90 Å². The number of nitrogens with zero attached hydrogens (tertiary/aromatic N) is 1. The number of thioether (sulfide) groups is 1. The highest BCUT2D eigenvalue weighted by molar-refractivity contribution is 7.98. The molecule has 1 atom stereocenters. The molecule has 1 aliphatic rings. The summed E-state index contributed by atoms with van der Waals surface area (Å²) in [7, 11) is 0. The largest absolute Gasteiger partial charge is 0.389 e. The van der Waals surface area contributed by atoms with Gasteiger partial charge < -0.3 is 11.1 Å². The third kappa shape index (κ3) is 3.65. The lowest BCUT2D eigenvalue weighted by molar-refractivity contribution is 0.269. The predicted octanol–water partition coefficient (Wildman–Crippen LogP) is 2.94. The summed E-state index contributed by atoms with van der Waals surface area (Å²) in [6.07, 6.45) is 4.70. The van der Waals surface area contributed by atoms with E-state index >= 15 is 0 Å². The van der Waals surface area contributed by atoms with Gasteiger partial charge in [-0.1, -0.05) is 18.3 Å². The predicted molar refractivity (Wildman–Crippen MR) is 92.9 cm³/mol. The third-order valence-corrected chi connectivity index (χ3v) is 4.83. The summed E-state index contributed by atoms with van der Waals surface area (Å²) >= 11 is 6.88. The fourth-order valence-corrected chi connectivity index (χ4v) is 3.60. The van der Waals surface area contributed by atoms with E-state index in [1.54, 1.807) is 11.8 Å². The number of nitrogens with two attached hydrogens (primary N) is 1. The first-order chi connectivity index (χ1) is 9.63. The molecule has 0 amide bonds. The number of likely N-dealkylation sites (tertiary alicyclic amines) is 1. The van der Waals surface area contributed by atoms with Crippen molar-refractivity contribution in [2.45, 2.75) is 30.7 Å². The average molecular weight is 310 g/mol. The Hall–Kier alpha value is -0.780. The zero-order chi connectivity index (χ0) is 14.5. The lowest BCUT2D eigenvalue weighted by Crippen LogP contribution is -2.35. The molecule has 0 aromatic heterocycles. The van der Waals surface area contributed by atoms with Gasteiger partial charge in [0.1, 0.15) is 4.99 Å². The zero-order valence-corrected chi connectivity index (χ0v) is 13.8. The number of anilines is 1. The number of thiocarbonyl (C=S) groups is 1. The van der Waals surface area contributed by atoms with Gasteiger partial charge >= 0.3 is 0 Å². The molecule has 1 unspecified atom stereocenters. The Bertz CT molecular complexity index is 470. The molecule has 0 radical (unpaired) electrons. The molecule has 0 saturated carbocycles. The fourth-order valence-electron chi connectivity index (χ4n) is 2.67. The van der Waals surface area contributed by atoms with Crippen LogP contribution in [-0.2, 0) is 0 Å². The van der Waals surface area contributed by atoms with E-state index in [-0.39, 0.29) is 0 Å². The van der Waals surface area contributed by atoms with Crippen LogP contribution >= 0.6 is 24.0 Å². The van der Waals surface area contributed by atoms with Crippen LogP contribution in [0.15, 0.2) is 23.1 Å². The molecule has 1 saturated heterocycles. The highest BCUT2D eigenvalue weighted by Gasteiger charge is 2.18. The van der Waals surface area contributed by atoms with Crippen LogP contribution < -0.4 is 11.1 Å². The van der Waals surface area contributed by atoms with E-state index in [4.69, 9.17) is 18.0 Å². The van der Waals surface area contributed by atoms with E-state index < -0.39 is 0 Å². The van der Waals surface area contributed by atoms with Crippen LogP contribution in [0.1, 0.15) is 25.3 Å². The third-order valence-electron chi connectivity index (χ3n) is 3.84. The second-order valence-electron chi connectivity index (χ2n) is 5.22. The molecule has 1 aliphatic heterocycles. The summed E-state index contributed by atoms with van der Waals surface area (Å²) in [6.45, 7) is 5.64. The van der Waals surface area contributed by atoms with Crippen LogP contribution in [0.5, 0.6) is 0 Å². The van der Waals surface area contributed by atoms with E-state index in [1.807, 2.05) is 6.26 Å². The summed E-state index contributed by atoms with van der Waals surface area (Å²) in [6, 6.07) is 6.71.